The fourth-order valence-electron chi connectivity index (χ4n) is 2.77. The molecule has 1 nitrogen and oxygen atoms in total. The Hall–Kier alpha value is -0.300. The van der Waals surface area contributed by atoms with Gasteiger partial charge in [-0.3, -0.25) is 4.90 Å². The average Bonchev–Trinajstić information content (AvgIpc) is 2.40. The van der Waals surface area contributed by atoms with Gasteiger partial charge in [0.25, 0.3) is 0 Å². The van der Waals surface area contributed by atoms with Crippen LogP contribution >= 0.6 is 0 Å². The van der Waals surface area contributed by atoms with E-state index in [1.807, 2.05) is 0 Å². The first-order valence-electron chi connectivity index (χ1n) is 4.25. The third kappa shape index (κ3) is 0.523. The van der Waals surface area contributed by atoms with Gasteiger partial charge in [0.05, 0.1) is 0 Å². The van der Waals surface area contributed by atoms with Gasteiger partial charge in [0, 0.05) is 19.1 Å². The highest BCUT2D eigenvalue weighted by Gasteiger charge is 2.54. The van der Waals surface area contributed by atoms with Gasteiger partial charge in [-0.05, 0) is 24.7 Å². The summed E-state index contributed by atoms with van der Waals surface area (Å²) in [5.74, 6) is 2.18. The first kappa shape index (κ1) is 5.36. The Morgan fingerprint density at radius 2 is 2.40 bits per heavy atom. The van der Waals surface area contributed by atoms with Crippen LogP contribution in [0.5, 0.6) is 0 Å². The van der Waals surface area contributed by atoms with Crippen molar-refractivity contribution in [2.75, 3.05) is 13.1 Å². The molecule has 2 heterocycles. The molecule has 0 amide bonds. The summed E-state index contributed by atoms with van der Waals surface area (Å²) in [5.41, 5.74) is 1.47. The Balaban J connectivity index is 1.88. The van der Waals surface area contributed by atoms with Crippen LogP contribution in [0.3, 0.4) is 0 Å². The van der Waals surface area contributed by atoms with E-state index in [0.29, 0.717) is 0 Å². The monoisotopic (exact) mass is 135 g/mol. The van der Waals surface area contributed by atoms with Crippen molar-refractivity contribution in [2.24, 2.45) is 11.8 Å². The molecule has 0 aromatic rings. The smallest absolute Gasteiger partial charge is 0.0194 e. The molecule has 10 heavy (non-hydrogen) atoms. The first-order chi connectivity index (χ1) is 4.84. The molecular weight excluding hydrogens is 122 g/mol. The van der Waals surface area contributed by atoms with Gasteiger partial charge in [-0.15, -0.1) is 0 Å². The molecule has 0 aromatic heterocycles. The van der Waals surface area contributed by atoms with E-state index in [4.69, 9.17) is 0 Å². The van der Waals surface area contributed by atoms with Gasteiger partial charge in [0.1, 0.15) is 0 Å². The van der Waals surface area contributed by atoms with Crippen LogP contribution in [0.25, 0.3) is 0 Å². The summed E-state index contributed by atoms with van der Waals surface area (Å²) in [5, 5.41) is 0. The highest BCUT2D eigenvalue weighted by atomic mass is 15.2. The van der Waals surface area contributed by atoms with Gasteiger partial charge in [0.15, 0.2) is 0 Å². The summed E-state index contributed by atoms with van der Waals surface area (Å²) < 4.78 is 0. The van der Waals surface area contributed by atoms with E-state index >= 15 is 0 Å². The second-order valence-corrected chi connectivity index (χ2v) is 4.11. The van der Waals surface area contributed by atoms with E-state index in [9.17, 15) is 0 Å². The maximum Gasteiger partial charge on any atom is 0.0194 e. The third-order valence-electron chi connectivity index (χ3n) is 3.33. The average molecular weight is 135 g/mol. The Morgan fingerprint density at radius 3 is 3.20 bits per heavy atom. The Morgan fingerprint density at radius 1 is 1.50 bits per heavy atom. The Kier molecular flexibility index (Phi) is 0.791. The van der Waals surface area contributed by atoms with Crippen molar-refractivity contribution >= 4 is 0 Å². The molecule has 0 radical (unpaired) electrons. The van der Waals surface area contributed by atoms with Crippen molar-refractivity contribution in [3.63, 3.8) is 0 Å². The lowest BCUT2D eigenvalue weighted by Crippen LogP contribution is -2.26. The number of nitrogens with zero attached hydrogens (tertiary/aromatic N) is 1. The minimum Gasteiger partial charge on any atom is -0.296 e. The van der Waals surface area contributed by atoms with E-state index in [2.05, 4.69) is 11.5 Å². The fraction of sp³-hybridized carbons (Fsp3) is 0.778. The quantitative estimate of drug-likeness (QED) is 0.452. The van der Waals surface area contributed by atoms with Crippen molar-refractivity contribution in [3.05, 3.63) is 12.2 Å². The number of fused-ring (bicyclic) bond motifs is 3. The van der Waals surface area contributed by atoms with E-state index in [-0.39, 0.29) is 0 Å². The molecule has 1 aliphatic carbocycles. The summed E-state index contributed by atoms with van der Waals surface area (Å²) in [6.07, 6.45) is 2.83. The lowest BCUT2D eigenvalue weighted by atomic mass is 10.1. The lowest BCUT2D eigenvalue weighted by molar-refractivity contribution is 0.285. The second-order valence-electron chi connectivity index (χ2n) is 4.11. The van der Waals surface area contributed by atoms with Crippen LogP contribution in [0.1, 0.15) is 12.8 Å². The van der Waals surface area contributed by atoms with E-state index < -0.39 is 0 Å². The molecule has 3 aliphatic rings. The zero-order valence-corrected chi connectivity index (χ0v) is 6.21. The van der Waals surface area contributed by atoms with Gasteiger partial charge in [0.2, 0.25) is 0 Å². The normalized spacial score (nSPS) is 51.2. The molecule has 2 saturated heterocycles. The SMILES string of the molecule is C=C1CC2[C@H]3C[C@H]3CN2C1. The van der Waals surface area contributed by atoms with Gasteiger partial charge in [-0.1, -0.05) is 12.2 Å². The molecule has 3 atom stereocenters. The summed E-state index contributed by atoms with van der Waals surface area (Å²) in [6, 6.07) is 0.928. The maximum atomic E-state index is 4.05. The minimum absolute atomic E-state index is 0.928. The highest BCUT2D eigenvalue weighted by molar-refractivity contribution is 5.17. The van der Waals surface area contributed by atoms with Crippen molar-refractivity contribution in [1.29, 1.82) is 0 Å². The number of hydrogen-bond acceptors (Lipinski definition) is 1. The van der Waals surface area contributed by atoms with Gasteiger partial charge >= 0.3 is 0 Å². The number of hydrogen-bond donors (Lipinski definition) is 0. The Bertz CT molecular complexity index is 197. The van der Waals surface area contributed by atoms with Crippen LogP contribution in [0.15, 0.2) is 12.2 Å². The maximum absolute atomic E-state index is 4.05. The predicted octanol–water partition coefficient (Wildman–Crippen LogP) is 1.27. The van der Waals surface area contributed by atoms with Crippen molar-refractivity contribution in [1.82, 2.24) is 4.90 Å². The molecular formula is C9H13N. The zero-order chi connectivity index (χ0) is 6.72. The van der Waals surface area contributed by atoms with Crippen LogP contribution < -0.4 is 0 Å². The lowest BCUT2D eigenvalue weighted by Gasteiger charge is -2.16. The van der Waals surface area contributed by atoms with Gasteiger partial charge in [-0.25, -0.2) is 0 Å². The van der Waals surface area contributed by atoms with E-state index in [1.54, 1.807) is 0 Å². The van der Waals surface area contributed by atoms with Crippen molar-refractivity contribution in [2.45, 2.75) is 18.9 Å². The summed E-state index contributed by atoms with van der Waals surface area (Å²) in [6.45, 7) is 6.64. The Labute approximate surface area is 61.7 Å². The second kappa shape index (κ2) is 1.48. The fourth-order valence-corrected chi connectivity index (χ4v) is 2.77. The number of piperidine rings is 1. The molecule has 0 bridgehead atoms. The van der Waals surface area contributed by atoms with Crippen LogP contribution in [0, 0.1) is 11.8 Å². The van der Waals surface area contributed by atoms with Crippen LogP contribution in [-0.4, -0.2) is 24.0 Å². The van der Waals surface area contributed by atoms with Gasteiger partial charge < -0.3 is 0 Å². The van der Waals surface area contributed by atoms with E-state index in [1.165, 1.54) is 31.5 Å². The summed E-state index contributed by atoms with van der Waals surface area (Å²) >= 11 is 0. The summed E-state index contributed by atoms with van der Waals surface area (Å²) in [7, 11) is 0. The molecule has 3 rings (SSSR count). The van der Waals surface area contributed by atoms with Crippen LogP contribution in [0.4, 0.5) is 0 Å². The molecule has 0 aromatic carbocycles. The summed E-state index contributed by atoms with van der Waals surface area (Å²) in [4.78, 5) is 2.63. The molecule has 3 fully saturated rings. The molecule has 0 spiro atoms. The highest BCUT2D eigenvalue weighted by Crippen LogP contribution is 2.53. The molecule has 54 valence electrons. The van der Waals surface area contributed by atoms with Gasteiger partial charge in [-0.2, -0.15) is 0 Å². The molecule has 2 aliphatic heterocycles. The standard InChI is InChI=1S/C9H13N/c1-6-2-9-8-3-7(8)5-10(9)4-6/h7-9H,1-5H2/t7-,8-,9?/m0/s1. The first-order valence-corrected chi connectivity index (χ1v) is 4.25. The molecule has 1 heteroatoms. The number of rotatable bonds is 0. The largest absolute Gasteiger partial charge is 0.296 e. The molecule has 1 saturated carbocycles. The van der Waals surface area contributed by atoms with Crippen molar-refractivity contribution in [3.8, 4) is 0 Å². The van der Waals surface area contributed by atoms with E-state index in [0.717, 1.165) is 17.9 Å². The topological polar surface area (TPSA) is 3.24 Å². The third-order valence-corrected chi connectivity index (χ3v) is 3.33. The van der Waals surface area contributed by atoms with Crippen LogP contribution in [0.2, 0.25) is 0 Å². The molecule has 1 unspecified atom stereocenters. The van der Waals surface area contributed by atoms with Crippen LogP contribution in [-0.2, 0) is 0 Å². The predicted molar refractivity (Wildman–Crippen MR) is 40.7 cm³/mol. The molecule has 0 N–H and O–H groups in total. The zero-order valence-electron chi connectivity index (χ0n) is 6.21. The van der Waals surface area contributed by atoms with Crippen molar-refractivity contribution < 1.29 is 0 Å². The minimum atomic E-state index is 0.928.